The van der Waals surface area contributed by atoms with Crippen molar-refractivity contribution in [3.63, 3.8) is 0 Å². The molecule has 0 bridgehead atoms. The number of allylic oxidation sites excluding steroid dienone is 2. The highest BCUT2D eigenvalue weighted by Crippen LogP contribution is 2.19. The van der Waals surface area contributed by atoms with Crippen LogP contribution in [0.5, 0.6) is 0 Å². The first-order chi connectivity index (χ1) is 8.10. The van der Waals surface area contributed by atoms with E-state index in [1.54, 1.807) is 0 Å². The van der Waals surface area contributed by atoms with Crippen molar-refractivity contribution in [2.45, 2.75) is 34.1 Å². The molecule has 1 nitrogen and oxygen atoms in total. The van der Waals surface area contributed by atoms with E-state index in [9.17, 15) is 0 Å². The maximum Gasteiger partial charge on any atom is 0.0425 e. The summed E-state index contributed by atoms with van der Waals surface area (Å²) in [6.07, 6.45) is 3.20. The van der Waals surface area contributed by atoms with Gasteiger partial charge in [0.1, 0.15) is 0 Å². The van der Waals surface area contributed by atoms with Gasteiger partial charge in [-0.1, -0.05) is 42.8 Å². The smallest absolute Gasteiger partial charge is 0.0425 e. The van der Waals surface area contributed by atoms with Gasteiger partial charge in [0.15, 0.2) is 0 Å². The molecule has 0 N–H and O–H groups in total. The van der Waals surface area contributed by atoms with Gasteiger partial charge < -0.3 is 0 Å². The molecule has 92 valence electrons. The van der Waals surface area contributed by atoms with E-state index in [1.807, 2.05) is 7.05 Å². The molecule has 0 amide bonds. The molecule has 0 saturated carbocycles. The number of hydrogen-bond acceptors (Lipinski definition) is 1. The fourth-order valence-corrected chi connectivity index (χ4v) is 1.95. The van der Waals surface area contributed by atoms with Crippen LogP contribution in [-0.4, -0.2) is 12.8 Å². The monoisotopic (exact) mass is 229 g/mol. The molecule has 0 aliphatic rings. The predicted octanol–water partition coefficient (Wildman–Crippen LogP) is 4.41. The first-order valence-electron chi connectivity index (χ1n) is 6.24. The van der Waals surface area contributed by atoms with Crippen LogP contribution >= 0.6 is 0 Å². The first kappa shape index (κ1) is 13.7. The third-order valence-electron chi connectivity index (χ3n) is 3.46. The van der Waals surface area contributed by atoms with Crippen molar-refractivity contribution < 1.29 is 0 Å². The maximum atomic E-state index is 4.47. The van der Waals surface area contributed by atoms with Crippen molar-refractivity contribution in [2.75, 3.05) is 7.05 Å². The SMILES string of the molecule is C/C=C(/C)C(C)C/C(=N\C)c1ccccc1C. The van der Waals surface area contributed by atoms with Gasteiger partial charge in [0.2, 0.25) is 0 Å². The fraction of sp³-hybridized carbons (Fsp3) is 0.438. The molecule has 0 aliphatic heterocycles. The summed E-state index contributed by atoms with van der Waals surface area (Å²) in [7, 11) is 1.89. The molecule has 17 heavy (non-hydrogen) atoms. The second-order valence-corrected chi connectivity index (χ2v) is 4.62. The lowest BCUT2D eigenvalue weighted by Gasteiger charge is -2.15. The van der Waals surface area contributed by atoms with Crippen LogP contribution in [0, 0.1) is 12.8 Å². The number of nitrogens with zero attached hydrogens (tertiary/aromatic N) is 1. The third kappa shape index (κ3) is 3.55. The summed E-state index contributed by atoms with van der Waals surface area (Å²) < 4.78 is 0. The van der Waals surface area contributed by atoms with Gasteiger partial charge in [0, 0.05) is 12.8 Å². The fourth-order valence-electron chi connectivity index (χ4n) is 1.95. The zero-order valence-corrected chi connectivity index (χ0v) is 11.6. The van der Waals surface area contributed by atoms with Crippen LogP contribution in [0.4, 0.5) is 0 Å². The molecule has 1 rings (SSSR count). The number of benzene rings is 1. The molecule has 0 spiro atoms. The molecule has 1 aromatic rings. The number of rotatable bonds is 4. The minimum absolute atomic E-state index is 0.554. The molecule has 1 unspecified atom stereocenters. The van der Waals surface area contributed by atoms with E-state index in [1.165, 1.54) is 22.4 Å². The summed E-state index contributed by atoms with van der Waals surface area (Å²) in [6, 6.07) is 8.47. The van der Waals surface area contributed by atoms with E-state index >= 15 is 0 Å². The van der Waals surface area contributed by atoms with Gasteiger partial charge >= 0.3 is 0 Å². The van der Waals surface area contributed by atoms with Crippen LogP contribution in [0.25, 0.3) is 0 Å². The van der Waals surface area contributed by atoms with E-state index in [2.05, 4.69) is 63.0 Å². The Morgan fingerprint density at radius 1 is 1.35 bits per heavy atom. The third-order valence-corrected chi connectivity index (χ3v) is 3.46. The van der Waals surface area contributed by atoms with Gasteiger partial charge in [-0.15, -0.1) is 0 Å². The molecule has 1 aromatic carbocycles. The summed E-state index contributed by atoms with van der Waals surface area (Å²) in [5.41, 5.74) is 5.22. The molecule has 0 fully saturated rings. The summed E-state index contributed by atoms with van der Waals surface area (Å²) in [4.78, 5) is 4.47. The lowest BCUT2D eigenvalue weighted by atomic mass is 9.91. The highest BCUT2D eigenvalue weighted by Gasteiger charge is 2.11. The Hall–Kier alpha value is -1.37. The molecular weight excluding hydrogens is 206 g/mol. The minimum atomic E-state index is 0.554. The summed E-state index contributed by atoms with van der Waals surface area (Å²) in [5, 5.41) is 0. The van der Waals surface area contributed by atoms with Gasteiger partial charge in [0.25, 0.3) is 0 Å². The average Bonchev–Trinajstić information content (AvgIpc) is 2.35. The highest BCUT2D eigenvalue weighted by molar-refractivity contribution is 6.01. The number of aryl methyl sites for hydroxylation is 1. The van der Waals surface area contributed by atoms with Crippen molar-refractivity contribution in [1.29, 1.82) is 0 Å². The Morgan fingerprint density at radius 2 is 2.00 bits per heavy atom. The van der Waals surface area contributed by atoms with Crippen LogP contribution in [0.1, 0.15) is 38.3 Å². The second-order valence-electron chi connectivity index (χ2n) is 4.62. The van der Waals surface area contributed by atoms with Crippen LogP contribution < -0.4 is 0 Å². The van der Waals surface area contributed by atoms with E-state index in [0.717, 1.165) is 6.42 Å². The largest absolute Gasteiger partial charge is 0.292 e. The van der Waals surface area contributed by atoms with Crippen molar-refractivity contribution >= 4 is 5.71 Å². The maximum absolute atomic E-state index is 4.47. The highest BCUT2D eigenvalue weighted by atomic mass is 14.7. The molecular formula is C16H23N. The minimum Gasteiger partial charge on any atom is -0.292 e. The van der Waals surface area contributed by atoms with Crippen molar-refractivity contribution in [3.05, 3.63) is 47.0 Å². The molecule has 1 atom stereocenters. The van der Waals surface area contributed by atoms with E-state index in [0.29, 0.717) is 5.92 Å². The first-order valence-corrected chi connectivity index (χ1v) is 6.24. The molecule has 0 saturated heterocycles. The van der Waals surface area contributed by atoms with Crippen LogP contribution in [0.2, 0.25) is 0 Å². The van der Waals surface area contributed by atoms with Crippen molar-refractivity contribution in [2.24, 2.45) is 10.9 Å². The molecule has 0 radical (unpaired) electrons. The van der Waals surface area contributed by atoms with Crippen LogP contribution in [0.3, 0.4) is 0 Å². The predicted molar refractivity (Wildman–Crippen MR) is 76.9 cm³/mol. The Labute approximate surface area is 105 Å². The van der Waals surface area contributed by atoms with Crippen LogP contribution in [0.15, 0.2) is 40.9 Å². The standard InChI is InChI=1S/C16H23N/c1-6-12(2)14(4)11-16(17-5)15-10-8-7-9-13(15)3/h6-10,14H,11H2,1-5H3/b12-6-,17-16+. The van der Waals surface area contributed by atoms with Gasteiger partial charge in [-0.3, -0.25) is 4.99 Å². The zero-order chi connectivity index (χ0) is 12.8. The lowest BCUT2D eigenvalue weighted by Crippen LogP contribution is -2.09. The van der Waals surface area contributed by atoms with Gasteiger partial charge in [-0.05, 0) is 44.2 Å². The van der Waals surface area contributed by atoms with Gasteiger partial charge in [0.05, 0.1) is 0 Å². The normalized spacial score (nSPS) is 14.9. The quantitative estimate of drug-likeness (QED) is 0.536. The van der Waals surface area contributed by atoms with Gasteiger partial charge in [-0.2, -0.15) is 0 Å². The molecule has 0 aromatic heterocycles. The Bertz CT molecular complexity index is 427. The Kier molecular flexibility index (Phi) is 5.14. The Morgan fingerprint density at radius 3 is 2.53 bits per heavy atom. The van der Waals surface area contributed by atoms with E-state index < -0.39 is 0 Å². The lowest BCUT2D eigenvalue weighted by molar-refractivity contribution is 0.713. The molecule has 1 heteroatoms. The summed E-state index contributed by atoms with van der Waals surface area (Å²) in [6.45, 7) is 8.70. The zero-order valence-electron chi connectivity index (χ0n) is 11.6. The van der Waals surface area contributed by atoms with E-state index in [-0.39, 0.29) is 0 Å². The molecule has 0 aliphatic carbocycles. The number of aliphatic imine (C=N–C) groups is 1. The van der Waals surface area contributed by atoms with E-state index in [4.69, 9.17) is 0 Å². The second kappa shape index (κ2) is 6.39. The summed E-state index contributed by atoms with van der Waals surface area (Å²) >= 11 is 0. The van der Waals surface area contributed by atoms with Gasteiger partial charge in [-0.25, -0.2) is 0 Å². The number of hydrogen-bond donors (Lipinski definition) is 0. The summed E-state index contributed by atoms with van der Waals surface area (Å²) in [5.74, 6) is 0.554. The topological polar surface area (TPSA) is 12.4 Å². The molecule has 0 heterocycles. The Balaban J connectivity index is 2.92. The van der Waals surface area contributed by atoms with Crippen molar-refractivity contribution in [1.82, 2.24) is 0 Å². The average molecular weight is 229 g/mol. The van der Waals surface area contributed by atoms with Crippen molar-refractivity contribution in [3.8, 4) is 0 Å². The van der Waals surface area contributed by atoms with Crippen LogP contribution in [-0.2, 0) is 0 Å².